The van der Waals surface area contributed by atoms with Crippen molar-refractivity contribution in [3.63, 3.8) is 0 Å². The number of aliphatic hydroxyl groups is 1. The van der Waals surface area contributed by atoms with Crippen molar-refractivity contribution in [2.24, 2.45) is 0 Å². The average molecular weight is 380 g/mol. The van der Waals surface area contributed by atoms with E-state index in [2.05, 4.69) is 27.0 Å². The number of nitrogens with two attached hydrogens (primary N) is 1. The van der Waals surface area contributed by atoms with Crippen molar-refractivity contribution < 1.29 is 9.84 Å². The molecule has 0 bridgehead atoms. The minimum atomic E-state index is -0.315. The summed E-state index contributed by atoms with van der Waals surface area (Å²) >= 11 is 0. The van der Waals surface area contributed by atoms with E-state index in [1.807, 2.05) is 18.2 Å². The Kier molecular flexibility index (Phi) is 4.48. The molecule has 3 N–H and O–H groups in total. The van der Waals surface area contributed by atoms with Gasteiger partial charge in [0, 0.05) is 31.5 Å². The summed E-state index contributed by atoms with van der Waals surface area (Å²) in [6.45, 7) is 1.74. The van der Waals surface area contributed by atoms with Crippen molar-refractivity contribution in [2.45, 2.75) is 62.8 Å². The monoisotopic (exact) mass is 380 g/mol. The van der Waals surface area contributed by atoms with Gasteiger partial charge in [-0.25, -0.2) is 4.98 Å². The van der Waals surface area contributed by atoms with Gasteiger partial charge in [0.25, 0.3) is 0 Å². The van der Waals surface area contributed by atoms with Crippen molar-refractivity contribution in [2.75, 3.05) is 23.7 Å². The van der Waals surface area contributed by atoms with Gasteiger partial charge in [0.05, 0.1) is 23.5 Å². The number of aliphatic hydroxyl groups excluding tert-OH is 1. The average Bonchev–Trinajstić information content (AvgIpc) is 3.16. The minimum absolute atomic E-state index is 0.0320. The lowest BCUT2D eigenvalue weighted by atomic mass is 9.81. The van der Waals surface area contributed by atoms with Crippen molar-refractivity contribution in [3.05, 3.63) is 47.2 Å². The van der Waals surface area contributed by atoms with E-state index in [1.54, 1.807) is 0 Å². The molecule has 1 aromatic heterocycles. The highest BCUT2D eigenvalue weighted by atomic mass is 16.5. The van der Waals surface area contributed by atoms with Crippen molar-refractivity contribution >= 4 is 11.8 Å². The molecule has 28 heavy (non-hydrogen) atoms. The van der Waals surface area contributed by atoms with Gasteiger partial charge in [-0.1, -0.05) is 30.3 Å². The van der Waals surface area contributed by atoms with E-state index in [-0.39, 0.29) is 17.8 Å². The van der Waals surface area contributed by atoms with Gasteiger partial charge < -0.3 is 20.5 Å². The van der Waals surface area contributed by atoms with Crippen LogP contribution in [0.4, 0.5) is 11.8 Å². The highest BCUT2D eigenvalue weighted by Crippen LogP contribution is 2.44. The number of ether oxygens (including phenoxy) is 1. The summed E-state index contributed by atoms with van der Waals surface area (Å²) in [4.78, 5) is 11.4. The molecule has 0 radical (unpaired) electrons. The second kappa shape index (κ2) is 7.01. The first-order valence-electron chi connectivity index (χ1n) is 10.4. The molecule has 1 aliphatic carbocycles. The lowest BCUT2D eigenvalue weighted by molar-refractivity contribution is -0.173. The van der Waals surface area contributed by atoms with E-state index in [0.29, 0.717) is 18.8 Å². The molecular formula is C22H28N4O2. The number of hydrogen-bond acceptors (Lipinski definition) is 6. The highest BCUT2D eigenvalue weighted by molar-refractivity contribution is 5.54. The number of piperidine rings is 1. The van der Waals surface area contributed by atoms with Crippen LogP contribution < -0.4 is 10.6 Å². The van der Waals surface area contributed by atoms with Gasteiger partial charge in [-0.15, -0.1) is 0 Å². The van der Waals surface area contributed by atoms with E-state index < -0.39 is 0 Å². The van der Waals surface area contributed by atoms with Crippen LogP contribution in [0.5, 0.6) is 0 Å². The van der Waals surface area contributed by atoms with E-state index in [1.165, 1.54) is 5.56 Å². The summed E-state index contributed by atoms with van der Waals surface area (Å²) in [5.74, 6) is 1.40. The summed E-state index contributed by atoms with van der Waals surface area (Å²) < 4.78 is 6.63. The lowest BCUT2D eigenvalue weighted by Crippen LogP contribution is -2.51. The highest BCUT2D eigenvalue weighted by Gasteiger charge is 2.44. The zero-order chi connectivity index (χ0) is 19.1. The van der Waals surface area contributed by atoms with Gasteiger partial charge in [0.2, 0.25) is 5.95 Å². The van der Waals surface area contributed by atoms with Crippen LogP contribution in [-0.2, 0) is 17.6 Å². The molecule has 1 aromatic carbocycles. The van der Waals surface area contributed by atoms with Gasteiger partial charge in [-0.2, -0.15) is 4.98 Å². The molecule has 2 saturated heterocycles. The van der Waals surface area contributed by atoms with E-state index in [4.69, 9.17) is 10.5 Å². The Hall–Kier alpha value is -2.18. The Morgan fingerprint density at radius 2 is 1.89 bits per heavy atom. The molecule has 6 nitrogen and oxygen atoms in total. The molecule has 148 valence electrons. The minimum Gasteiger partial charge on any atom is -0.393 e. The van der Waals surface area contributed by atoms with Crippen LogP contribution in [0.1, 0.15) is 55.0 Å². The van der Waals surface area contributed by atoms with Gasteiger partial charge in [0.1, 0.15) is 5.82 Å². The fraction of sp³-hybridized carbons (Fsp3) is 0.545. The Balaban J connectivity index is 1.34. The number of fused-ring (bicyclic) bond motifs is 1. The predicted molar refractivity (Wildman–Crippen MR) is 108 cm³/mol. The molecule has 1 spiro atoms. The molecule has 6 heteroatoms. The molecule has 0 saturated carbocycles. The zero-order valence-corrected chi connectivity index (χ0v) is 16.2. The summed E-state index contributed by atoms with van der Waals surface area (Å²) in [6, 6.07) is 10.3. The van der Waals surface area contributed by atoms with Crippen LogP contribution in [0, 0.1) is 0 Å². The normalized spacial score (nSPS) is 26.4. The van der Waals surface area contributed by atoms with Gasteiger partial charge in [0.15, 0.2) is 0 Å². The second-order valence-corrected chi connectivity index (χ2v) is 8.47. The molecule has 2 atom stereocenters. The largest absolute Gasteiger partial charge is 0.393 e. The maximum Gasteiger partial charge on any atom is 0.222 e. The molecule has 5 rings (SSSR count). The lowest BCUT2D eigenvalue weighted by Gasteiger charge is -2.48. The predicted octanol–water partition coefficient (Wildman–Crippen LogP) is 2.80. The van der Waals surface area contributed by atoms with Crippen molar-refractivity contribution in [3.8, 4) is 0 Å². The molecule has 3 heterocycles. The van der Waals surface area contributed by atoms with Crippen LogP contribution in [-0.4, -0.2) is 39.9 Å². The Bertz CT molecular complexity index is 849. The number of rotatable bonds is 2. The molecule has 2 aliphatic heterocycles. The first kappa shape index (κ1) is 17.9. The van der Waals surface area contributed by atoms with Crippen molar-refractivity contribution in [1.29, 1.82) is 0 Å². The van der Waals surface area contributed by atoms with Gasteiger partial charge in [-0.3, -0.25) is 0 Å². The molecule has 2 aromatic rings. The number of hydrogen-bond donors (Lipinski definition) is 2. The number of anilines is 2. The van der Waals surface area contributed by atoms with Crippen molar-refractivity contribution in [1.82, 2.24) is 9.97 Å². The van der Waals surface area contributed by atoms with Crippen LogP contribution >= 0.6 is 0 Å². The number of aromatic nitrogens is 2. The summed E-state index contributed by atoms with van der Waals surface area (Å²) in [5, 5.41) is 10.6. The van der Waals surface area contributed by atoms with E-state index in [9.17, 15) is 5.11 Å². The van der Waals surface area contributed by atoms with Crippen LogP contribution in [0.15, 0.2) is 30.3 Å². The Morgan fingerprint density at radius 1 is 1.11 bits per heavy atom. The number of nitrogen functional groups attached to an aromatic ring is 1. The third kappa shape index (κ3) is 3.25. The zero-order valence-electron chi connectivity index (χ0n) is 16.2. The first-order valence-corrected chi connectivity index (χ1v) is 10.4. The maximum atomic E-state index is 10.6. The van der Waals surface area contributed by atoms with E-state index >= 15 is 0 Å². The number of aryl methyl sites for hydroxylation is 1. The first-order chi connectivity index (χ1) is 13.6. The van der Waals surface area contributed by atoms with Crippen LogP contribution in [0.3, 0.4) is 0 Å². The van der Waals surface area contributed by atoms with E-state index in [0.717, 1.165) is 62.3 Å². The smallest absolute Gasteiger partial charge is 0.222 e. The third-order valence-electron chi connectivity index (χ3n) is 6.56. The maximum absolute atomic E-state index is 10.6. The molecule has 2 fully saturated rings. The summed E-state index contributed by atoms with van der Waals surface area (Å²) in [6.07, 6.45) is 6.00. The molecule has 3 aliphatic rings. The molecular weight excluding hydrogens is 352 g/mol. The fourth-order valence-corrected chi connectivity index (χ4v) is 5.17. The van der Waals surface area contributed by atoms with Gasteiger partial charge >= 0.3 is 0 Å². The fourth-order valence-electron chi connectivity index (χ4n) is 5.17. The number of benzene rings is 1. The van der Waals surface area contributed by atoms with Gasteiger partial charge in [-0.05, 0) is 37.7 Å². The summed E-state index contributed by atoms with van der Waals surface area (Å²) in [5.41, 5.74) is 9.27. The number of nitrogens with zero attached hydrogens (tertiary/aromatic N) is 3. The van der Waals surface area contributed by atoms with Crippen LogP contribution in [0.25, 0.3) is 0 Å². The second-order valence-electron chi connectivity index (χ2n) is 8.47. The topological polar surface area (TPSA) is 84.5 Å². The summed E-state index contributed by atoms with van der Waals surface area (Å²) in [7, 11) is 0. The third-order valence-corrected chi connectivity index (χ3v) is 6.56. The Labute approximate surface area is 165 Å². The van der Waals surface area contributed by atoms with Crippen LogP contribution in [0.2, 0.25) is 0 Å². The SMILES string of the molecule is Nc1nc2c(c(N3CCC4(CC3)C[C@H](O)C[C@H](c3ccccc3)O4)n1)CCC2. The molecule has 0 amide bonds. The quantitative estimate of drug-likeness (QED) is 0.833. The Morgan fingerprint density at radius 3 is 2.68 bits per heavy atom. The standard InChI is InChI=1S/C22H28N4O2/c23-21-24-18-8-4-7-17(18)20(25-21)26-11-9-22(10-12-26)14-16(27)13-19(28-22)15-5-2-1-3-6-15/h1-3,5-6,16,19,27H,4,7-14H2,(H2,23,24,25)/t16-,19-/m1/s1. The molecule has 0 unspecified atom stereocenters.